The normalized spacial score (nSPS) is 16.6. The molecule has 1 fully saturated rings. The first kappa shape index (κ1) is 31.2. The van der Waals surface area contributed by atoms with Crippen LogP contribution in [0.1, 0.15) is 57.3 Å². The molecule has 2 atom stereocenters. The largest absolute Gasteiger partial charge is 0.490 e. The number of hydrogen-bond donors (Lipinski definition) is 4. The van der Waals surface area contributed by atoms with E-state index < -0.39 is 12.1 Å². The third kappa shape index (κ3) is 8.19. The van der Waals surface area contributed by atoms with E-state index in [4.69, 9.17) is 9.90 Å². The molecule has 5 rings (SSSR count). The van der Waals surface area contributed by atoms with Crippen molar-refractivity contribution in [2.24, 2.45) is 4.99 Å². The van der Waals surface area contributed by atoms with Gasteiger partial charge in [0.1, 0.15) is 5.84 Å². The summed E-state index contributed by atoms with van der Waals surface area (Å²) in [7, 11) is 0. The number of rotatable bonds is 5. The van der Waals surface area contributed by atoms with Gasteiger partial charge in [0.25, 0.3) is 11.8 Å². The van der Waals surface area contributed by atoms with Crippen molar-refractivity contribution in [2.75, 3.05) is 24.5 Å². The topological polar surface area (TPSA) is 123 Å². The Hall–Kier alpha value is -4.71. The fraction of sp³-hybridized carbons (Fsp3) is 0.290. The number of aliphatic imine (C=N–C) groups is 1. The number of alkyl halides is 3. The van der Waals surface area contributed by atoms with Gasteiger partial charge in [-0.25, -0.2) is 4.79 Å². The van der Waals surface area contributed by atoms with E-state index >= 15 is 0 Å². The summed E-state index contributed by atoms with van der Waals surface area (Å²) in [5.41, 5.74) is 5.04. The van der Waals surface area contributed by atoms with E-state index in [1.165, 1.54) is 0 Å². The molecule has 1 unspecified atom stereocenters. The summed E-state index contributed by atoms with van der Waals surface area (Å²) in [6.07, 6.45) is -5.08. The number of benzene rings is 3. The van der Waals surface area contributed by atoms with Crippen molar-refractivity contribution in [3.8, 4) is 0 Å². The summed E-state index contributed by atoms with van der Waals surface area (Å²) in [4.78, 5) is 41.6. The van der Waals surface area contributed by atoms with Crippen molar-refractivity contribution in [3.05, 3.63) is 101 Å². The Morgan fingerprint density at radius 1 is 1.00 bits per heavy atom. The van der Waals surface area contributed by atoms with Crippen LogP contribution in [-0.4, -0.2) is 60.6 Å². The average molecular weight is 596 g/mol. The van der Waals surface area contributed by atoms with Crippen LogP contribution in [0, 0.1) is 0 Å². The molecule has 2 aliphatic heterocycles. The Labute approximate surface area is 246 Å². The second-order valence-corrected chi connectivity index (χ2v) is 10.2. The number of carbonyl (C=O) groups is 3. The van der Waals surface area contributed by atoms with Crippen LogP contribution < -0.4 is 20.9 Å². The minimum atomic E-state index is -5.08. The second kappa shape index (κ2) is 13.5. The van der Waals surface area contributed by atoms with E-state index in [2.05, 4.69) is 32.8 Å². The fourth-order valence-electron chi connectivity index (χ4n) is 4.71. The molecule has 1 saturated heterocycles. The third-order valence-corrected chi connectivity index (χ3v) is 7.02. The highest BCUT2D eigenvalue weighted by molar-refractivity contribution is 6.15. The van der Waals surface area contributed by atoms with Crippen molar-refractivity contribution in [1.29, 1.82) is 0 Å². The minimum absolute atomic E-state index is 0.118. The van der Waals surface area contributed by atoms with Gasteiger partial charge in [0.15, 0.2) is 0 Å². The Balaban J connectivity index is 0.000000541. The summed E-state index contributed by atoms with van der Waals surface area (Å²) in [5, 5.41) is 16.6. The van der Waals surface area contributed by atoms with Gasteiger partial charge >= 0.3 is 12.1 Å². The molecule has 0 aromatic heterocycles. The Bertz CT molecular complexity index is 1490. The van der Waals surface area contributed by atoms with Gasteiger partial charge in [-0.3, -0.25) is 14.6 Å². The molecular weight excluding hydrogens is 563 g/mol. The van der Waals surface area contributed by atoms with Gasteiger partial charge in [-0.15, -0.1) is 0 Å². The monoisotopic (exact) mass is 595 g/mol. The highest BCUT2D eigenvalue weighted by Gasteiger charge is 2.38. The predicted octanol–water partition coefficient (Wildman–Crippen LogP) is 4.30. The Morgan fingerprint density at radius 2 is 1.65 bits per heavy atom. The van der Waals surface area contributed by atoms with Gasteiger partial charge in [-0.05, 0) is 61.4 Å². The molecule has 2 amide bonds. The molecule has 0 bridgehead atoms. The van der Waals surface area contributed by atoms with Crippen LogP contribution in [0.2, 0.25) is 0 Å². The number of amidine groups is 1. The number of anilines is 1. The molecular formula is C31H32F3N5O4. The molecule has 0 saturated carbocycles. The maximum Gasteiger partial charge on any atom is 0.490 e. The standard InChI is InChI=1S/C29H31N5O2.C2HF3O2/c1-19-18-34(15-14-30-19)25-12-10-22(11-13-25)28(35)33-27-26-16-23(8-9-24(26)17-31-27)29(36)32-20(2)21-6-4-3-5-7-21;3-2(4,5)1(6)7/h3-13,16,19-20,30H,14-15,17-18H2,1-2H3,(H,32,36)(H,31,33,35);(H,6,7)/t19-,20?;/m1./s1. The average Bonchev–Trinajstić information content (AvgIpc) is 3.39. The number of halogens is 3. The summed E-state index contributed by atoms with van der Waals surface area (Å²) in [6.45, 7) is 7.46. The van der Waals surface area contributed by atoms with Crippen molar-refractivity contribution >= 4 is 29.3 Å². The summed E-state index contributed by atoms with van der Waals surface area (Å²) in [5.74, 6) is -2.63. The number of fused-ring (bicyclic) bond motifs is 1. The third-order valence-electron chi connectivity index (χ3n) is 7.02. The molecule has 2 aliphatic rings. The molecule has 3 aromatic rings. The van der Waals surface area contributed by atoms with Crippen LogP contribution in [0.15, 0.2) is 77.8 Å². The number of nitrogens with one attached hydrogen (secondary N) is 3. The second-order valence-electron chi connectivity index (χ2n) is 10.2. The quantitative estimate of drug-likeness (QED) is 0.349. The van der Waals surface area contributed by atoms with Gasteiger partial charge in [-0.2, -0.15) is 13.2 Å². The first-order valence-corrected chi connectivity index (χ1v) is 13.7. The number of carbonyl (C=O) groups excluding carboxylic acids is 2. The van der Waals surface area contributed by atoms with E-state index in [-0.39, 0.29) is 17.9 Å². The van der Waals surface area contributed by atoms with Crippen LogP contribution in [-0.2, 0) is 11.3 Å². The minimum Gasteiger partial charge on any atom is -0.475 e. The fourth-order valence-corrected chi connectivity index (χ4v) is 4.71. The van der Waals surface area contributed by atoms with Crippen molar-refractivity contribution in [2.45, 2.75) is 38.7 Å². The first-order valence-electron chi connectivity index (χ1n) is 13.7. The molecule has 0 radical (unpaired) electrons. The molecule has 4 N–H and O–H groups in total. The lowest BCUT2D eigenvalue weighted by atomic mass is 10.0. The number of amides is 2. The van der Waals surface area contributed by atoms with Crippen LogP contribution in [0.25, 0.3) is 0 Å². The van der Waals surface area contributed by atoms with Gasteiger partial charge in [-0.1, -0.05) is 36.4 Å². The molecule has 226 valence electrons. The Kier molecular flexibility index (Phi) is 9.81. The first-order chi connectivity index (χ1) is 20.4. The van der Waals surface area contributed by atoms with Crippen LogP contribution in [0.4, 0.5) is 18.9 Å². The molecule has 9 nitrogen and oxygen atoms in total. The maximum atomic E-state index is 13.0. The van der Waals surface area contributed by atoms with E-state index in [0.717, 1.165) is 42.0 Å². The SMILES string of the molecule is CC(NC(=O)c1ccc2c(c1)C(NC(=O)c1ccc(N3CCN[C@H](C)C3)cc1)=NC2)c1ccccc1.O=C(O)C(F)(F)F. The van der Waals surface area contributed by atoms with Crippen LogP contribution in [0.5, 0.6) is 0 Å². The highest BCUT2D eigenvalue weighted by atomic mass is 19.4. The number of carboxylic acids is 1. The van der Waals surface area contributed by atoms with Gasteiger partial charge in [0.05, 0.1) is 12.6 Å². The number of carboxylic acid groups (broad SMARTS) is 1. The lowest BCUT2D eigenvalue weighted by Crippen LogP contribution is -2.49. The van der Waals surface area contributed by atoms with Gasteiger partial charge in [0.2, 0.25) is 0 Å². The maximum absolute atomic E-state index is 13.0. The highest BCUT2D eigenvalue weighted by Crippen LogP contribution is 2.22. The lowest BCUT2D eigenvalue weighted by molar-refractivity contribution is -0.192. The zero-order chi connectivity index (χ0) is 31.1. The molecule has 2 heterocycles. The van der Waals surface area contributed by atoms with Gasteiger partial charge in [0, 0.05) is 48.1 Å². The Morgan fingerprint density at radius 3 is 2.28 bits per heavy atom. The molecule has 0 aliphatic carbocycles. The lowest BCUT2D eigenvalue weighted by Gasteiger charge is -2.33. The summed E-state index contributed by atoms with van der Waals surface area (Å²) >= 11 is 0. The summed E-state index contributed by atoms with van der Waals surface area (Å²) in [6, 6.07) is 23.4. The van der Waals surface area contributed by atoms with E-state index in [1.807, 2.05) is 79.7 Å². The zero-order valence-corrected chi connectivity index (χ0v) is 23.6. The van der Waals surface area contributed by atoms with Crippen LogP contribution in [0.3, 0.4) is 0 Å². The van der Waals surface area contributed by atoms with E-state index in [1.54, 1.807) is 0 Å². The van der Waals surface area contributed by atoms with E-state index in [0.29, 0.717) is 29.5 Å². The van der Waals surface area contributed by atoms with Gasteiger partial charge < -0.3 is 26.0 Å². The van der Waals surface area contributed by atoms with E-state index in [9.17, 15) is 22.8 Å². The summed E-state index contributed by atoms with van der Waals surface area (Å²) < 4.78 is 31.7. The van der Waals surface area contributed by atoms with Crippen molar-refractivity contribution in [3.63, 3.8) is 0 Å². The van der Waals surface area contributed by atoms with Crippen molar-refractivity contribution < 1.29 is 32.7 Å². The molecule has 0 spiro atoms. The number of hydrogen-bond acceptors (Lipinski definition) is 6. The molecule has 3 aromatic carbocycles. The number of nitrogens with zero attached hydrogens (tertiary/aromatic N) is 2. The molecule has 43 heavy (non-hydrogen) atoms. The predicted molar refractivity (Wildman–Crippen MR) is 156 cm³/mol. The smallest absolute Gasteiger partial charge is 0.475 e. The number of piperazine rings is 1. The number of aliphatic carboxylic acids is 1. The molecule has 12 heteroatoms. The zero-order valence-electron chi connectivity index (χ0n) is 23.6. The van der Waals surface area contributed by atoms with Crippen LogP contribution >= 0.6 is 0 Å². The van der Waals surface area contributed by atoms with Crippen molar-refractivity contribution in [1.82, 2.24) is 16.0 Å².